The molecule has 7 nitrogen and oxygen atoms in total. The Bertz CT molecular complexity index is 896. The van der Waals surface area contributed by atoms with Crippen molar-refractivity contribution in [2.45, 2.75) is 39.4 Å². The van der Waals surface area contributed by atoms with Crippen molar-refractivity contribution in [3.63, 3.8) is 0 Å². The molecule has 2 aromatic carbocycles. The number of carbonyl (C=O) groups is 2. The van der Waals surface area contributed by atoms with Crippen molar-refractivity contribution < 1.29 is 9.59 Å². The van der Waals surface area contributed by atoms with Crippen molar-refractivity contribution in [2.75, 3.05) is 21.1 Å². The third-order valence-electron chi connectivity index (χ3n) is 4.96. The topological polar surface area (TPSA) is 85.8 Å². The number of hydrogen-bond acceptors (Lipinski definition) is 3. The molecule has 0 saturated carbocycles. The highest BCUT2D eigenvalue weighted by Gasteiger charge is 2.09. The molecular formula is C24H34IN5O2. The molecule has 0 heterocycles. The van der Waals surface area contributed by atoms with Crippen molar-refractivity contribution in [3.05, 3.63) is 70.8 Å². The Hall–Kier alpha value is -2.62. The van der Waals surface area contributed by atoms with E-state index in [2.05, 4.69) is 20.9 Å². The molecule has 0 fully saturated rings. The summed E-state index contributed by atoms with van der Waals surface area (Å²) in [5, 5.41) is 9.50. The lowest BCUT2D eigenvalue weighted by Gasteiger charge is -2.14. The van der Waals surface area contributed by atoms with E-state index in [0.717, 1.165) is 17.5 Å². The van der Waals surface area contributed by atoms with Gasteiger partial charge in [-0.3, -0.25) is 14.6 Å². The smallest absolute Gasteiger partial charge is 0.253 e. The monoisotopic (exact) mass is 551 g/mol. The molecule has 0 aromatic heterocycles. The van der Waals surface area contributed by atoms with Crippen LogP contribution in [0.15, 0.2) is 53.5 Å². The Morgan fingerprint density at radius 2 is 1.38 bits per heavy atom. The van der Waals surface area contributed by atoms with Gasteiger partial charge in [0.1, 0.15) is 0 Å². The number of aliphatic imine (C=N–C) groups is 1. The van der Waals surface area contributed by atoms with Crippen LogP contribution in [0.25, 0.3) is 0 Å². The standard InChI is InChI=1S/C24H33N5O2.HI/c1-6-17(2)28-22(30)20-11-7-18(8-12-20)15-26-24(25-3)27-16-19-9-13-21(14-10-19)23(31)29(4)5;/h7-14,17H,6,15-16H2,1-5H3,(H,28,30)(H2,25,26,27);1H. The van der Waals surface area contributed by atoms with Crippen molar-refractivity contribution in [2.24, 2.45) is 4.99 Å². The minimum Gasteiger partial charge on any atom is -0.352 e. The summed E-state index contributed by atoms with van der Waals surface area (Å²) < 4.78 is 0. The normalized spacial score (nSPS) is 11.7. The molecule has 1 unspecified atom stereocenters. The second kappa shape index (κ2) is 13.7. The molecule has 2 amide bonds. The zero-order valence-corrected chi connectivity index (χ0v) is 21.8. The summed E-state index contributed by atoms with van der Waals surface area (Å²) in [5.74, 6) is 0.608. The van der Waals surface area contributed by atoms with Crippen LogP contribution in [0.1, 0.15) is 52.1 Å². The van der Waals surface area contributed by atoms with Gasteiger partial charge in [0.15, 0.2) is 5.96 Å². The van der Waals surface area contributed by atoms with Gasteiger partial charge in [0, 0.05) is 51.4 Å². The minimum absolute atomic E-state index is 0. The predicted molar refractivity (Wildman–Crippen MR) is 141 cm³/mol. The second-order valence-corrected chi connectivity index (χ2v) is 7.66. The summed E-state index contributed by atoms with van der Waals surface area (Å²) in [6, 6.07) is 15.2. The van der Waals surface area contributed by atoms with Gasteiger partial charge in [-0.15, -0.1) is 24.0 Å². The van der Waals surface area contributed by atoms with E-state index < -0.39 is 0 Å². The van der Waals surface area contributed by atoms with Crippen LogP contribution in [0.4, 0.5) is 0 Å². The molecule has 0 aliphatic carbocycles. The highest BCUT2D eigenvalue weighted by atomic mass is 127. The molecule has 0 saturated heterocycles. The van der Waals surface area contributed by atoms with Crippen molar-refractivity contribution in [3.8, 4) is 0 Å². The first-order valence-electron chi connectivity index (χ1n) is 10.5. The maximum Gasteiger partial charge on any atom is 0.253 e. The summed E-state index contributed by atoms with van der Waals surface area (Å²) in [4.78, 5) is 29.9. The van der Waals surface area contributed by atoms with Gasteiger partial charge in [0.2, 0.25) is 0 Å². The third-order valence-corrected chi connectivity index (χ3v) is 4.96. The fourth-order valence-electron chi connectivity index (χ4n) is 2.80. The fourth-order valence-corrected chi connectivity index (χ4v) is 2.80. The van der Waals surface area contributed by atoms with Gasteiger partial charge in [0.05, 0.1) is 0 Å². The number of rotatable bonds is 8. The van der Waals surface area contributed by atoms with Gasteiger partial charge in [-0.1, -0.05) is 31.2 Å². The van der Waals surface area contributed by atoms with E-state index in [1.54, 1.807) is 26.0 Å². The average molecular weight is 551 g/mol. The van der Waals surface area contributed by atoms with Crippen LogP contribution in [-0.4, -0.2) is 49.9 Å². The number of guanidine groups is 1. The number of halogens is 1. The molecule has 0 aliphatic rings. The minimum atomic E-state index is -0.0513. The van der Waals surface area contributed by atoms with E-state index in [1.165, 1.54) is 0 Å². The molecule has 2 aromatic rings. The molecule has 0 spiro atoms. The Morgan fingerprint density at radius 3 is 1.78 bits per heavy atom. The van der Waals surface area contributed by atoms with Crippen LogP contribution >= 0.6 is 24.0 Å². The highest BCUT2D eigenvalue weighted by Crippen LogP contribution is 2.07. The first kappa shape index (κ1) is 27.4. The average Bonchev–Trinajstić information content (AvgIpc) is 2.79. The van der Waals surface area contributed by atoms with Gasteiger partial charge in [-0.05, 0) is 48.7 Å². The zero-order valence-electron chi connectivity index (χ0n) is 19.4. The molecule has 0 aliphatic heterocycles. The lowest BCUT2D eigenvalue weighted by molar-refractivity contribution is 0.0827. The van der Waals surface area contributed by atoms with E-state index in [1.807, 2.05) is 62.4 Å². The van der Waals surface area contributed by atoms with Crippen LogP contribution in [-0.2, 0) is 13.1 Å². The lowest BCUT2D eigenvalue weighted by Crippen LogP contribution is -2.36. The Morgan fingerprint density at radius 1 is 0.906 bits per heavy atom. The van der Waals surface area contributed by atoms with Crippen molar-refractivity contribution in [1.29, 1.82) is 0 Å². The fraction of sp³-hybridized carbons (Fsp3) is 0.375. The van der Waals surface area contributed by atoms with Gasteiger partial charge >= 0.3 is 0 Å². The Labute approximate surface area is 208 Å². The van der Waals surface area contributed by atoms with E-state index in [9.17, 15) is 9.59 Å². The van der Waals surface area contributed by atoms with Gasteiger partial charge < -0.3 is 20.9 Å². The van der Waals surface area contributed by atoms with Crippen molar-refractivity contribution >= 4 is 41.8 Å². The van der Waals surface area contributed by atoms with Gasteiger partial charge in [-0.25, -0.2) is 0 Å². The van der Waals surface area contributed by atoms with Crippen LogP contribution < -0.4 is 16.0 Å². The van der Waals surface area contributed by atoms with Crippen molar-refractivity contribution in [1.82, 2.24) is 20.9 Å². The second-order valence-electron chi connectivity index (χ2n) is 7.66. The number of nitrogens with zero attached hydrogens (tertiary/aromatic N) is 2. The van der Waals surface area contributed by atoms with E-state index in [4.69, 9.17) is 0 Å². The first-order chi connectivity index (χ1) is 14.8. The highest BCUT2D eigenvalue weighted by molar-refractivity contribution is 14.0. The van der Waals surface area contributed by atoms with E-state index in [0.29, 0.717) is 30.2 Å². The van der Waals surface area contributed by atoms with Crippen LogP contribution in [0, 0.1) is 0 Å². The summed E-state index contributed by atoms with van der Waals surface area (Å²) in [6.45, 7) is 5.21. The van der Waals surface area contributed by atoms with Gasteiger partial charge in [0.25, 0.3) is 11.8 Å². The summed E-state index contributed by atoms with van der Waals surface area (Å²) in [6.07, 6.45) is 0.901. The summed E-state index contributed by atoms with van der Waals surface area (Å²) >= 11 is 0. The molecule has 0 bridgehead atoms. The molecule has 174 valence electrons. The Balaban J connectivity index is 0.00000512. The number of amides is 2. The SMILES string of the molecule is CCC(C)NC(=O)c1ccc(CNC(=NC)NCc2ccc(C(=O)N(C)C)cc2)cc1.I. The van der Waals surface area contributed by atoms with E-state index >= 15 is 0 Å². The van der Waals surface area contributed by atoms with Crippen LogP contribution in [0.3, 0.4) is 0 Å². The molecule has 32 heavy (non-hydrogen) atoms. The maximum atomic E-state index is 12.2. The third kappa shape index (κ3) is 8.49. The van der Waals surface area contributed by atoms with Crippen LogP contribution in [0.5, 0.6) is 0 Å². The largest absolute Gasteiger partial charge is 0.352 e. The first-order valence-corrected chi connectivity index (χ1v) is 10.5. The molecule has 1 atom stereocenters. The van der Waals surface area contributed by atoms with Crippen LogP contribution in [0.2, 0.25) is 0 Å². The number of nitrogens with one attached hydrogen (secondary N) is 3. The number of benzene rings is 2. The molecule has 3 N–H and O–H groups in total. The maximum absolute atomic E-state index is 12.2. The van der Waals surface area contributed by atoms with E-state index in [-0.39, 0.29) is 41.8 Å². The quantitative estimate of drug-likeness (QED) is 0.267. The number of carbonyl (C=O) groups excluding carboxylic acids is 2. The molecule has 8 heteroatoms. The molecular weight excluding hydrogens is 517 g/mol. The number of hydrogen-bond donors (Lipinski definition) is 3. The molecule has 0 radical (unpaired) electrons. The summed E-state index contributed by atoms with van der Waals surface area (Å²) in [5.41, 5.74) is 3.42. The predicted octanol–water partition coefficient (Wildman–Crippen LogP) is 3.40. The lowest BCUT2D eigenvalue weighted by atomic mass is 10.1. The Kier molecular flexibility index (Phi) is 11.8. The van der Waals surface area contributed by atoms with Gasteiger partial charge in [-0.2, -0.15) is 0 Å². The zero-order chi connectivity index (χ0) is 22.8. The molecule has 2 rings (SSSR count). The summed E-state index contributed by atoms with van der Waals surface area (Å²) in [7, 11) is 5.20.